The molecule has 2 bridgehead atoms. The van der Waals surface area contributed by atoms with Crippen LogP contribution in [0.1, 0.15) is 53.4 Å². The molecule has 0 aromatic rings. The fourth-order valence-corrected chi connectivity index (χ4v) is 6.18. The molecule has 0 radical (unpaired) electrons. The molecule has 3 fully saturated rings. The van der Waals surface area contributed by atoms with Gasteiger partial charge in [-0.1, -0.05) is 19.4 Å². The molecule has 0 amide bonds. The summed E-state index contributed by atoms with van der Waals surface area (Å²) in [5.41, 5.74) is -1.06. The molecule has 4 aliphatic rings. The molecule has 3 N–H and O–H groups in total. The minimum absolute atomic E-state index is 0.0375. The first kappa shape index (κ1) is 17.7. The third-order valence-electron chi connectivity index (χ3n) is 8.24. The van der Waals surface area contributed by atoms with E-state index in [1.165, 1.54) is 0 Å². The third-order valence-corrected chi connectivity index (χ3v) is 8.24. The number of ketones is 1. The molecule has 4 rings (SSSR count). The van der Waals surface area contributed by atoms with Gasteiger partial charge in [0.05, 0.1) is 29.8 Å². The van der Waals surface area contributed by atoms with E-state index in [2.05, 4.69) is 0 Å². The number of allylic oxidation sites excluding steroid dienone is 1. The number of fused-ring (bicyclic) bond motifs is 5. The molecule has 1 heterocycles. The van der Waals surface area contributed by atoms with E-state index in [1.807, 2.05) is 20.8 Å². The average Bonchev–Trinajstić information content (AvgIpc) is 2.51. The van der Waals surface area contributed by atoms with Crippen LogP contribution in [0.3, 0.4) is 0 Å². The Labute approximate surface area is 149 Å². The van der Waals surface area contributed by atoms with Crippen LogP contribution in [0, 0.1) is 22.7 Å². The second-order valence-electron chi connectivity index (χ2n) is 9.50. The summed E-state index contributed by atoms with van der Waals surface area (Å²) in [5.74, 6) is -0.305. The first-order valence-corrected chi connectivity index (χ1v) is 9.48. The average molecular weight is 350 g/mol. The Hall–Kier alpha value is -0.750. The highest BCUT2D eigenvalue weighted by molar-refractivity contribution is 5.92. The fraction of sp³-hybridized carbons (Fsp3) is 0.850. The van der Waals surface area contributed by atoms with Crippen LogP contribution in [0.5, 0.6) is 0 Å². The van der Waals surface area contributed by atoms with Crippen molar-refractivity contribution in [3.8, 4) is 0 Å². The van der Waals surface area contributed by atoms with Gasteiger partial charge in [0.1, 0.15) is 6.10 Å². The number of Topliss-reactive ketones (excluding diaryl/α,β-unsaturated/α-hetero) is 1. The lowest BCUT2D eigenvalue weighted by Gasteiger charge is -2.61. The normalized spacial score (nSPS) is 51.8. The van der Waals surface area contributed by atoms with Crippen LogP contribution in [0.15, 0.2) is 11.1 Å². The molecule has 140 valence electrons. The molecule has 4 unspecified atom stereocenters. The van der Waals surface area contributed by atoms with Crippen molar-refractivity contribution in [1.29, 1.82) is 0 Å². The smallest absolute Gasteiger partial charge is 0.174 e. The van der Waals surface area contributed by atoms with Crippen molar-refractivity contribution >= 4 is 5.78 Å². The molecule has 0 aromatic carbocycles. The zero-order chi connectivity index (χ0) is 18.4. The molecular weight excluding hydrogens is 320 g/mol. The monoisotopic (exact) mass is 350 g/mol. The molecule has 1 aliphatic heterocycles. The fourth-order valence-electron chi connectivity index (χ4n) is 6.18. The molecular formula is C20H30O5. The van der Waals surface area contributed by atoms with Crippen LogP contribution < -0.4 is 0 Å². The largest absolute Gasteiger partial charge is 0.392 e. The van der Waals surface area contributed by atoms with Crippen LogP contribution in [-0.2, 0) is 9.53 Å². The van der Waals surface area contributed by atoms with E-state index >= 15 is 0 Å². The van der Waals surface area contributed by atoms with Crippen molar-refractivity contribution < 1.29 is 24.9 Å². The number of rotatable bonds is 0. The standard InChI is InChI=1S/C20H30O5/c1-10-5-6-20(24)8-12-11-9-25-13(11)7-14(21)19(12,4)17(23)16(22)15(10)18(20,2)3/h11-14,16,21-22,24H,5-9H2,1-4H3/t11-,12?,13?,14?,16+,19-,20?/m0/s1. The minimum atomic E-state index is -1.26. The first-order valence-electron chi connectivity index (χ1n) is 9.48. The summed E-state index contributed by atoms with van der Waals surface area (Å²) in [7, 11) is 0. The van der Waals surface area contributed by atoms with E-state index in [9.17, 15) is 20.1 Å². The van der Waals surface area contributed by atoms with Gasteiger partial charge < -0.3 is 20.1 Å². The van der Waals surface area contributed by atoms with Crippen molar-refractivity contribution in [2.24, 2.45) is 22.7 Å². The van der Waals surface area contributed by atoms with Gasteiger partial charge in [0.2, 0.25) is 0 Å². The predicted octanol–water partition coefficient (Wildman–Crippen LogP) is 1.59. The second-order valence-corrected chi connectivity index (χ2v) is 9.50. The summed E-state index contributed by atoms with van der Waals surface area (Å²) in [4.78, 5) is 13.4. The van der Waals surface area contributed by atoms with E-state index < -0.39 is 28.6 Å². The van der Waals surface area contributed by atoms with Gasteiger partial charge in [-0.2, -0.15) is 0 Å². The van der Waals surface area contributed by atoms with E-state index in [0.717, 1.165) is 5.57 Å². The van der Waals surface area contributed by atoms with Crippen LogP contribution in [0.2, 0.25) is 0 Å². The van der Waals surface area contributed by atoms with Gasteiger partial charge in [-0.3, -0.25) is 4.79 Å². The Bertz CT molecular complexity index is 652. The highest BCUT2D eigenvalue weighted by Crippen LogP contribution is 2.60. The molecule has 0 aromatic heterocycles. The van der Waals surface area contributed by atoms with Gasteiger partial charge in [0.25, 0.3) is 0 Å². The number of ether oxygens (including phenoxy) is 1. The number of aliphatic hydroxyl groups is 3. The molecule has 2 saturated carbocycles. The van der Waals surface area contributed by atoms with Crippen molar-refractivity contribution in [3.63, 3.8) is 0 Å². The van der Waals surface area contributed by atoms with Crippen LogP contribution >= 0.6 is 0 Å². The van der Waals surface area contributed by atoms with Gasteiger partial charge >= 0.3 is 0 Å². The molecule has 5 heteroatoms. The lowest BCUT2D eigenvalue weighted by atomic mass is 9.47. The number of carbonyl (C=O) groups is 1. The van der Waals surface area contributed by atoms with Gasteiger partial charge in [0, 0.05) is 17.8 Å². The highest BCUT2D eigenvalue weighted by Gasteiger charge is 2.65. The van der Waals surface area contributed by atoms with Crippen LogP contribution in [0.25, 0.3) is 0 Å². The third kappa shape index (κ3) is 2.01. The molecule has 3 aliphatic carbocycles. The number of aliphatic hydroxyl groups excluding tert-OH is 2. The number of hydrogen-bond acceptors (Lipinski definition) is 5. The summed E-state index contributed by atoms with van der Waals surface area (Å²) in [5, 5.41) is 33.5. The maximum absolute atomic E-state index is 13.4. The molecule has 0 spiro atoms. The van der Waals surface area contributed by atoms with E-state index in [1.54, 1.807) is 6.92 Å². The van der Waals surface area contributed by atoms with Gasteiger partial charge in [-0.15, -0.1) is 0 Å². The van der Waals surface area contributed by atoms with E-state index in [-0.39, 0.29) is 23.7 Å². The van der Waals surface area contributed by atoms with Crippen molar-refractivity contribution in [2.75, 3.05) is 6.61 Å². The van der Waals surface area contributed by atoms with Crippen LogP contribution in [-0.4, -0.2) is 51.6 Å². The molecule has 1 saturated heterocycles. The Morgan fingerprint density at radius 1 is 1.20 bits per heavy atom. The maximum Gasteiger partial charge on any atom is 0.174 e. The summed E-state index contributed by atoms with van der Waals surface area (Å²) < 4.78 is 5.61. The summed E-state index contributed by atoms with van der Waals surface area (Å²) in [6, 6.07) is 0. The Kier molecular flexibility index (Phi) is 3.64. The topological polar surface area (TPSA) is 87.0 Å². The van der Waals surface area contributed by atoms with Crippen molar-refractivity contribution in [1.82, 2.24) is 0 Å². The summed E-state index contributed by atoms with van der Waals surface area (Å²) >= 11 is 0. The van der Waals surface area contributed by atoms with Crippen molar-refractivity contribution in [2.45, 2.75) is 77.3 Å². The maximum atomic E-state index is 13.4. The zero-order valence-corrected chi connectivity index (χ0v) is 15.6. The van der Waals surface area contributed by atoms with E-state index in [0.29, 0.717) is 37.9 Å². The highest BCUT2D eigenvalue weighted by atomic mass is 16.5. The van der Waals surface area contributed by atoms with Gasteiger partial charge in [-0.05, 0) is 44.6 Å². The SMILES string of the molecule is CC1=C2[C@@H](O)C(=O)[C@]3(C)C(O)CC4OC[C@H]4C3CC(O)(CC1)C2(C)C. The van der Waals surface area contributed by atoms with Crippen molar-refractivity contribution in [3.05, 3.63) is 11.1 Å². The van der Waals surface area contributed by atoms with Crippen LogP contribution in [0.4, 0.5) is 0 Å². The lowest BCUT2D eigenvalue weighted by Crippen LogP contribution is -2.68. The summed E-state index contributed by atoms with van der Waals surface area (Å²) in [6.07, 6.45) is 0.0513. The number of carbonyl (C=O) groups excluding carboxylic acids is 1. The zero-order valence-electron chi connectivity index (χ0n) is 15.6. The molecule has 25 heavy (non-hydrogen) atoms. The quantitative estimate of drug-likeness (QED) is 0.578. The van der Waals surface area contributed by atoms with Gasteiger partial charge in [0.15, 0.2) is 5.78 Å². The summed E-state index contributed by atoms with van der Waals surface area (Å²) in [6.45, 7) is 8.19. The van der Waals surface area contributed by atoms with E-state index in [4.69, 9.17) is 4.74 Å². The lowest BCUT2D eigenvalue weighted by molar-refractivity contribution is -0.241. The molecule has 5 nitrogen and oxygen atoms in total. The Balaban J connectivity index is 1.90. The molecule has 7 atom stereocenters. The Morgan fingerprint density at radius 3 is 2.48 bits per heavy atom. The Morgan fingerprint density at radius 2 is 1.88 bits per heavy atom. The first-order chi connectivity index (χ1) is 11.5. The second kappa shape index (κ2) is 5.16. The number of hydrogen-bond donors (Lipinski definition) is 3. The minimum Gasteiger partial charge on any atom is -0.392 e. The predicted molar refractivity (Wildman–Crippen MR) is 91.7 cm³/mol. The van der Waals surface area contributed by atoms with Gasteiger partial charge in [-0.25, -0.2) is 0 Å².